The molecule has 4 N–H and O–H groups in total. The second-order valence-corrected chi connectivity index (χ2v) is 6.45. The average molecular weight is 336 g/mol. The summed E-state index contributed by atoms with van der Waals surface area (Å²) < 4.78 is 31.3. The SMILES string of the molecule is COCCNC(=O)CNS(=O)(=O)c1cc(N)c(Cl)cc1C. The summed E-state index contributed by atoms with van der Waals surface area (Å²) in [6.45, 7) is 1.89. The number of hydrogen-bond donors (Lipinski definition) is 3. The molecule has 7 nitrogen and oxygen atoms in total. The van der Waals surface area contributed by atoms with Gasteiger partial charge in [-0.3, -0.25) is 4.79 Å². The first kappa shape index (κ1) is 17.7. The molecule has 118 valence electrons. The molecule has 0 saturated carbocycles. The van der Waals surface area contributed by atoms with Crippen molar-refractivity contribution in [3.8, 4) is 0 Å². The third-order valence-corrected chi connectivity index (χ3v) is 4.51. The first-order valence-corrected chi connectivity index (χ1v) is 7.95. The number of nitrogens with one attached hydrogen (secondary N) is 2. The molecule has 0 aromatic heterocycles. The van der Waals surface area contributed by atoms with E-state index in [2.05, 4.69) is 10.0 Å². The van der Waals surface area contributed by atoms with Crippen molar-refractivity contribution in [2.75, 3.05) is 32.5 Å². The normalized spacial score (nSPS) is 11.4. The number of hydrogen-bond acceptors (Lipinski definition) is 5. The van der Waals surface area contributed by atoms with Gasteiger partial charge in [-0.2, -0.15) is 0 Å². The molecular formula is C12H18ClN3O4S. The number of nitrogen functional groups attached to an aromatic ring is 1. The highest BCUT2D eigenvalue weighted by atomic mass is 35.5. The van der Waals surface area contributed by atoms with Crippen molar-refractivity contribution in [2.45, 2.75) is 11.8 Å². The summed E-state index contributed by atoms with van der Waals surface area (Å²) in [7, 11) is -2.33. The number of nitrogens with two attached hydrogens (primary N) is 1. The van der Waals surface area contributed by atoms with E-state index in [0.717, 1.165) is 0 Å². The molecule has 0 unspecified atom stereocenters. The summed E-state index contributed by atoms with van der Waals surface area (Å²) >= 11 is 5.82. The number of benzene rings is 1. The summed E-state index contributed by atoms with van der Waals surface area (Å²) in [5.74, 6) is -0.449. The Morgan fingerprint density at radius 2 is 2.10 bits per heavy atom. The van der Waals surface area contributed by atoms with E-state index in [9.17, 15) is 13.2 Å². The Kier molecular flexibility index (Phi) is 6.41. The fourth-order valence-electron chi connectivity index (χ4n) is 1.55. The van der Waals surface area contributed by atoms with Gasteiger partial charge in [0.05, 0.1) is 28.8 Å². The Morgan fingerprint density at radius 3 is 2.71 bits per heavy atom. The molecule has 0 bridgehead atoms. The second-order valence-electron chi connectivity index (χ2n) is 4.31. The molecule has 1 aromatic rings. The molecule has 0 aliphatic carbocycles. The van der Waals surface area contributed by atoms with Gasteiger partial charge < -0.3 is 15.8 Å². The smallest absolute Gasteiger partial charge is 0.241 e. The van der Waals surface area contributed by atoms with Gasteiger partial charge in [-0.15, -0.1) is 0 Å². The van der Waals surface area contributed by atoms with Crippen LogP contribution in [0.5, 0.6) is 0 Å². The zero-order valence-electron chi connectivity index (χ0n) is 11.8. The maximum atomic E-state index is 12.1. The fourth-order valence-corrected chi connectivity index (χ4v) is 3.01. The van der Waals surface area contributed by atoms with E-state index in [1.807, 2.05) is 0 Å². The summed E-state index contributed by atoms with van der Waals surface area (Å²) in [6.07, 6.45) is 0. The van der Waals surface area contributed by atoms with Gasteiger partial charge in [0.25, 0.3) is 0 Å². The average Bonchev–Trinajstić information content (AvgIpc) is 2.41. The molecule has 0 saturated heterocycles. The van der Waals surface area contributed by atoms with Crippen molar-refractivity contribution in [1.29, 1.82) is 0 Å². The van der Waals surface area contributed by atoms with Crippen molar-refractivity contribution in [3.63, 3.8) is 0 Å². The largest absolute Gasteiger partial charge is 0.397 e. The molecule has 1 rings (SSSR count). The van der Waals surface area contributed by atoms with Gasteiger partial charge >= 0.3 is 0 Å². The third kappa shape index (κ3) is 5.16. The second kappa shape index (κ2) is 7.60. The zero-order chi connectivity index (χ0) is 16.0. The van der Waals surface area contributed by atoms with Crippen LogP contribution in [-0.2, 0) is 19.6 Å². The van der Waals surface area contributed by atoms with E-state index < -0.39 is 15.9 Å². The highest BCUT2D eigenvalue weighted by Gasteiger charge is 2.19. The molecule has 0 heterocycles. The first-order valence-electron chi connectivity index (χ1n) is 6.09. The lowest BCUT2D eigenvalue weighted by Gasteiger charge is -2.11. The van der Waals surface area contributed by atoms with Gasteiger partial charge in [-0.1, -0.05) is 11.6 Å². The lowest BCUT2D eigenvalue weighted by atomic mass is 10.2. The highest BCUT2D eigenvalue weighted by Crippen LogP contribution is 2.25. The van der Waals surface area contributed by atoms with Crippen molar-refractivity contribution >= 4 is 33.2 Å². The summed E-state index contributed by atoms with van der Waals surface area (Å²) in [5, 5.41) is 2.79. The molecule has 9 heteroatoms. The molecule has 0 spiro atoms. The molecule has 0 radical (unpaired) electrons. The summed E-state index contributed by atoms with van der Waals surface area (Å²) in [4.78, 5) is 11.5. The summed E-state index contributed by atoms with van der Waals surface area (Å²) in [6, 6.07) is 2.73. The maximum absolute atomic E-state index is 12.1. The van der Waals surface area contributed by atoms with Gasteiger partial charge in [-0.25, -0.2) is 13.1 Å². The first-order chi connectivity index (χ1) is 9.77. The molecular weight excluding hydrogens is 318 g/mol. The quantitative estimate of drug-likeness (QED) is 0.489. The van der Waals surface area contributed by atoms with Gasteiger partial charge in [0.2, 0.25) is 15.9 Å². The van der Waals surface area contributed by atoms with Crippen LogP contribution >= 0.6 is 11.6 Å². The predicted molar refractivity (Wildman–Crippen MR) is 80.7 cm³/mol. The molecule has 0 aliphatic heterocycles. The number of carbonyl (C=O) groups is 1. The highest BCUT2D eigenvalue weighted by molar-refractivity contribution is 7.89. The number of rotatable bonds is 7. The number of sulfonamides is 1. The molecule has 21 heavy (non-hydrogen) atoms. The zero-order valence-corrected chi connectivity index (χ0v) is 13.3. The number of methoxy groups -OCH3 is 1. The van der Waals surface area contributed by atoms with Gasteiger partial charge in [0, 0.05) is 13.7 Å². The van der Waals surface area contributed by atoms with Crippen LogP contribution in [0.2, 0.25) is 5.02 Å². The van der Waals surface area contributed by atoms with Crippen molar-refractivity contribution in [2.24, 2.45) is 0 Å². The molecule has 0 aliphatic rings. The van der Waals surface area contributed by atoms with E-state index >= 15 is 0 Å². The van der Waals surface area contributed by atoms with Crippen LogP contribution in [0.1, 0.15) is 5.56 Å². The minimum Gasteiger partial charge on any atom is -0.397 e. The number of ether oxygens (including phenoxy) is 1. The van der Waals surface area contributed by atoms with Crippen LogP contribution in [0.25, 0.3) is 0 Å². The monoisotopic (exact) mass is 335 g/mol. The topological polar surface area (TPSA) is 111 Å². The van der Waals surface area contributed by atoms with E-state index in [1.54, 1.807) is 6.92 Å². The van der Waals surface area contributed by atoms with Crippen molar-refractivity contribution in [3.05, 3.63) is 22.7 Å². The van der Waals surface area contributed by atoms with E-state index in [-0.39, 0.29) is 22.2 Å². The molecule has 0 fully saturated rings. The Bertz CT molecular complexity index is 619. The summed E-state index contributed by atoms with van der Waals surface area (Å²) in [5.41, 5.74) is 6.21. The number of carbonyl (C=O) groups excluding carboxylic acids is 1. The molecule has 1 aromatic carbocycles. The minimum absolute atomic E-state index is 0.00547. The third-order valence-electron chi connectivity index (χ3n) is 2.63. The Balaban J connectivity index is 2.74. The Morgan fingerprint density at radius 1 is 1.43 bits per heavy atom. The number of anilines is 1. The Hall–Kier alpha value is -1.35. The van der Waals surface area contributed by atoms with Crippen LogP contribution in [0.3, 0.4) is 0 Å². The maximum Gasteiger partial charge on any atom is 0.241 e. The minimum atomic E-state index is -3.84. The van der Waals surface area contributed by atoms with E-state index in [1.165, 1.54) is 19.2 Å². The number of halogens is 1. The van der Waals surface area contributed by atoms with Crippen molar-refractivity contribution in [1.82, 2.24) is 10.0 Å². The van der Waals surface area contributed by atoms with Crippen LogP contribution in [0, 0.1) is 6.92 Å². The Labute approximate surface area is 128 Å². The van der Waals surface area contributed by atoms with Crippen LogP contribution < -0.4 is 15.8 Å². The van der Waals surface area contributed by atoms with Crippen LogP contribution in [0.4, 0.5) is 5.69 Å². The number of aryl methyl sites for hydroxylation is 1. The van der Waals surface area contributed by atoms with E-state index in [0.29, 0.717) is 18.7 Å². The van der Waals surface area contributed by atoms with Gasteiger partial charge in [0.1, 0.15) is 0 Å². The van der Waals surface area contributed by atoms with Gasteiger partial charge in [-0.05, 0) is 24.6 Å². The molecule has 1 amide bonds. The van der Waals surface area contributed by atoms with Gasteiger partial charge in [0.15, 0.2) is 0 Å². The van der Waals surface area contributed by atoms with E-state index in [4.69, 9.17) is 22.1 Å². The standard InChI is InChI=1S/C12H18ClN3O4S/c1-8-5-9(13)10(14)6-11(8)21(18,19)16-7-12(17)15-3-4-20-2/h5-6,16H,3-4,7,14H2,1-2H3,(H,15,17). The van der Waals surface area contributed by atoms with Crippen LogP contribution in [-0.4, -0.2) is 41.1 Å². The lowest BCUT2D eigenvalue weighted by molar-refractivity contribution is -0.120. The predicted octanol–water partition coefficient (Wildman–Crippen LogP) is 0.272. The fraction of sp³-hybridized carbons (Fsp3) is 0.417. The lowest BCUT2D eigenvalue weighted by Crippen LogP contribution is -2.38. The molecule has 0 atom stereocenters. The van der Waals surface area contributed by atoms with Crippen molar-refractivity contribution < 1.29 is 17.9 Å². The number of amides is 1. The van der Waals surface area contributed by atoms with Crippen LogP contribution in [0.15, 0.2) is 17.0 Å².